The van der Waals surface area contributed by atoms with Crippen LogP contribution in [0.25, 0.3) is 0 Å². The van der Waals surface area contributed by atoms with Crippen molar-refractivity contribution in [2.75, 3.05) is 0 Å². The zero-order valence-corrected chi connectivity index (χ0v) is 16.1. The molecule has 0 aliphatic carbocycles. The van der Waals surface area contributed by atoms with Crippen LogP contribution < -0.4 is 0 Å². The van der Waals surface area contributed by atoms with E-state index in [1.54, 1.807) is 0 Å². The molecule has 0 aliphatic heterocycles. The molecule has 0 amide bonds. The van der Waals surface area contributed by atoms with E-state index < -0.39 is 3.99 Å². The number of ether oxygens (including phenoxy) is 3. The Labute approximate surface area is 120 Å². The molecule has 0 rings (SSSR count). The summed E-state index contributed by atoms with van der Waals surface area (Å²) in [6.07, 6.45) is 0. The molecule has 0 atom stereocenters. The minimum absolute atomic E-state index is 0.296. The molecule has 0 spiro atoms. The van der Waals surface area contributed by atoms with Gasteiger partial charge >= 0.3 is 120 Å². The molecule has 0 aliphatic rings. The van der Waals surface area contributed by atoms with Crippen molar-refractivity contribution < 1.29 is 14.2 Å². The van der Waals surface area contributed by atoms with E-state index in [2.05, 4.69) is 0 Å². The second-order valence-electron chi connectivity index (χ2n) is 7.25. The quantitative estimate of drug-likeness (QED) is 0.578. The SMILES string of the molecule is CC(C)(C)O[C]([SnH])(OC(C)(C)C)OC(C)(C)C. The Hall–Kier alpha value is 0.679. The first-order valence-electron chi connectivity index (χ1n) is 6.01. The van der Waals surface area contributed by atoms with Gasteiger partial charge in [0, 0.05) is 0 Å². The Bertz CT molecular complexity index is 202. The van der Waals surface area contributed by atoms with Gasteiger partial charge in [0.25, 0.3) is 0 Å². The fraction of sp³-hybridized carbons (Fsp3) is 1.00. The van der Waals surface area contributed by atoms with Crippen molar-refractivity contribution in [2.45, 2.75) is 83.1 Å². The molecule has 102 valence electrons. The van der Waals surface area contributed by atoms with E-state index in [0.29, 0.717) is 0 Å². The van der Waals surface area contributed by atoms with Gasteiger partial charge in [-0.25, -0.2) is 0 Å². The molecule has 0 aromatic carbocycles. The van der Waals surface area contributed by atoms with Gasteiger partial charge in [-0.05, 0) is 0 Å². The van der Waals surface area contributed by atoms with Crippen molar-refractivity contribution >= 4 is 22.5 Å². The van der Waals surface area contributed by atoms with E-state index in [4.69, 9.17) is 14.2 Å². The maximum absolute atomic E-state index is 5.99. The van der Waals surface area contributed by atoms with Crippen LogP contribution in [0, 0.1) is 0 Å². The van der Waals surface area contributed by atoms with Crippen molar-refractivity contribution in [3.8, 4) is 0 Å². The summed E-state index contributed by atoms with van der Waals surface area (Å²) in [5.74, 6) is 0. The summed E-state index contributed by atoms with van der Waals surface area (Å²) in [6, 6.07) is 0. The standard InChI is InChI=1S/C13H27O3.Sn.H/c1-11(2,3)14-10(15-12(4,5)6)16-13(7,8)9;;/h1-9H3;;. The number of hydrogen-bond acceptors (Lipinski definition) is 3. The Morgan fingerprint density at radius 2 is 0.706 bits per heavy atom. The van der Waals surface area contributed by atoms with Crippen LogP contribution in [0.5, 0.6) is 0 Å². The van der Waals surface area contributed by atoms with Crippen molar-refractivity contribution in [1.29, 1.82) is 0 Å². The van der Waals surface area contributed by atoms with Crippen LogP contribution in [0.15, 0.2) is 0 Å². The Kier molecular flexibility index (Phi) is 5.57. The Balaban J connectivity index is 4.95. The molecule has 0 fully saturated rings. The third kappa shape index (κ3) is 10.3. The molecule has 17 heavy (non-hydrogen) atoms. The van der Waals surface area contributed by atoms with Crippen molar-refractivity contribution in [2.24, 2.45) is 0 Å². The zero-order valence-electron chi connectivity index (χ0n) is 12.8. The molecule has 0 unspecified atom stereocenters. The molecule has 2 radical (unpaired) electrons. The summed E-state index contributed by atoms with van der Waals surface area (Å²) in [7, 11) is 0. The van der Waals surface area contributed by atoms with Gasteiger partial charge in [-0.2, -0.15) is 0 Å². The van der Waals surface area contributed by atoms with Gasteiger partial charge in [-0.3, -0.25) is 0 Å². The molecule has 0 bridgehead atoms. The first kappa shape index (κ1) is 17.7. The van der Waals surface area contributed by atoms with Gasteiger partial charge < -0.3 is 0 Å². The number of rotatable bonds is 3. The van der Waals surface area contributed by atoms with Crippen LogP contribution in [0.3, 0.4) is 0 Å². The second-order valence-corrected chi connectivity index (χ2v) is 9.27. The fourth-order valence-electron chi connectivity index (χ4n) is 1.34. The van der Waals surface area contributed by atoms with Crippen LogP contribution in [-0.2, 0) is 14.2 Å². The molecule has 3 nitrogen and oxygen atoms in total. The fourth-order valence-corrected chi connectivity index (χ4v) is 4.37. The summed E-state index contributed by atoms with van der Waals surface area (Å²) in [4.78, 5) is 0. The molecule has 4 heteroatoms. The second kappa shape index (κ2) is 5.35. The molecule has 0 N–H and O–H groups in total. The van der Waals surface area contributed by atoms with Crippen LogP contribution in [0.4, 0.5) is 0 Å². The van der Waals surface area contributed by atoms with Gasteiger partial charge in [0.15, 0.2) is 0 Å². The maximum atomic E-state index is 5.99. The van der Waals surface area contributed by atoms with E-state index in [1.165, 1.54) is 0 Å². The Morgan fingerprint density at radius 1 is 0.529 bits per heavy atom. The normalized spacial score (nSPS) is 15.2. The summed E-state index contributed by atoms with van der Waals surface area (Å²) < 4.78 is 17.1. The predicted molar refractivity (Wildman–Crippen MR) is 72.4 cm³/mol. The van der Waals surface area contributed by atoms with Crippen molar-refractivity contribution in [3.05, 3.63) is 0 Å². The molecule has 0 saturated heterocycles. The van der Waals surface area contributed by atoms with Crippen LogP contribution in [0.2, 0.25) is 0 Å². The third-order valence-electron chi connectivity index (χ3n) is 1.35. The van der Waals surface area contributed by atoms with Gasteiger partial charge in [0.1, 0.15) is 0 Å². The van der Waals surface area contributed by atoms with Gasteiger partial charge in [-0.1, -0.05) is 0 Å². The van der Waals surface area contributed by atoms with E-state index >= 15 is 0 Å². The van der Waals surface area contributed by atoms with E-state index in [0.717, 1.165) is 22.5 Å². The summed E-state index contributed by atoms with van der Waals surface area (Å²) >= 11 is 0.720. The molecule has 0 aromatic rings. The number of hydrogen-bond donors (Lipinski definition) is 0. The molecule has 0 saturated carbocycles. The van der Waals surface area contributed by atoms with E-state index in [-0.39, 0.29) is 16.8 Å². The summed E-state index contributed by atoms with van der Waals surface area (Å²) in [6.45, 7) is 18.1. The molecular weight excluding hydrogens is 323 g/mol. The van der Waals surface area contributed by atoms with Crippen LogP contribution in [-0.4, -0.2) is 43.3 Å². The molecular formula is C13H28O3Sn. The van der Waals surface area contributed by atoms with Crippen LogP contribution in [0.1, 0.15) is 62.3 Å². The zero-order chi connectivity index (χ0) is 14.1. The van der Waals surface area contributed by atoms with Gasteiger partial charge in [0.05, 0.1) is 0 Å². The topological polar surface area (TPSA) is 27.7 Å². The third-order valence-corrected chi connectivity index (χ3v) is 2.35. The molecule has 0 aromatic heterocycles. The summed E-state index contributed by atoms with van der Waals surface area (Å²) in [5.41, 5.74) is -0.887. The first-order chi connectivity index (χ1) is 7.12. The van der Waals surface area contributed by atoms with E-state index in [1.807, 2.05) is 62.3 Å². The van der Waals surface area contributed by atoms with Crippen molar-refractivity contribution in [1.82, 2.24) is 0 Å². The Morgan fingerprint density at radius 3 is 0.824 bits per heavy atom. The average Bonchev–Trinajstić information content (AvgIpc) is 1.65. The van der Waals surface area contributed by atoms with Crippen molar-refractivity contribution in [3.63, 3.8) is 0 Å². The van der Waals surface area contributed by atoms with Gasteiger partial charge in [-0.15, -0.1) is 0 Å². The van der Waals surface area contributed by atoms with Crippen LogP contribution >= 0.6 is 0 Å². The first-order valence-corrected chi connectivity index (χ1v) is 7.66. The predicted octanol–water partition coefficient (Wildman–Crippen LogP) is 2.94. The van der Waals surface area contributed by atoms with Gasteiger partial charge in [0.2, 0.25) is 0 Å². The summed E-state index contributed by atoms with van der Waals surface area (Å²) in [5, 5.41) is 0. The van der Waals surface area contributed by atoms with E-state index in [9.17, 15) is 0 Å². The monoisotopic (exact) mass is 352 g/mol. The average molecular weight is 351 g/mol. The minimum atomic E-state index is -0.917. The molecule has 0 heterocycles.